The van der Waals surface area contributed by atoms with Gasteiger partial charge in [0.1, 0.15) is 0 Å². The van der Waals surface area contributed by atoms with Crippen molar-refractivity contribution in [2.24, 2.45) is 5.92 Å². The Balaban J connectivity index is 0.00000200. The van der Waals surface area contributed by atoms with E-state index in [2.05, 4.69) is 36.1 Å². The van der Waals surface area contributed by atoms with Crippen molar-refractivity contribution < 1.29 is 9.90 Å². The third-order valence-electron chi connectivity index (χ3n) is 3.93. The first-order valence-corrected chi connectivity index (χ1v) is 7.15. The number of nitrogens with zero attached hydrogens (tertiary/aromatic N) is 1. The molecule has 0 atom stereocenters. The van der Waals surface area contributed by atoms with Gasteiger partial charge in [-0.25, -0.2) is 0 Å². The molecule has 2 rings (SSSR count). The van der Waals surface area contributed by atoms with Crippen LogP contribution in [0.5, 0.6) is 0 Å². The molecule has 1 N–H and O–H groups in total. The second-order valence-electron chi connectivity index (χ2n) is 5.67. The van der Waals surface area contributed by atoms with Crippen LogP contribution in [0.15, 0.2) is 24.3 Å². The van der Waals surface area contributed by atoms with Gasteiger partial charge in [-0.15, -0.1) is 12.4 Å². The maximum atomic E-state index is 10.5. The molecule has 0 spiro atoms. The molecule has 0 amide bonds. The minimum atomic E-state index is -0.730. The molecule has 0 radical (unpaired) electrons. The molecule has 4 heteroatoms. The Hall–Kier alpha value is -1.06. The standard InChI is InChI=1S/C16H23NO2.ClH/c1-13-8-10-17(11-9-13)12-15-4-2-14(3-5-15)6-7-16(18)19;/h2-5,13H,6-12H2,1H3,(H,18,19);1H. The summed E-state index contributed by atoms with van der Waals surface area (Å²) in [5.41, 5.74) is 2.44. The summed E-state index contributed by atoms with van der Waals surface area (Å²) in [6.07, 6.45) is 3.44. The molecule has 1 aliphatic rings. The summed E-state index contributed by atoms with van der Waals surface area (Å²) in [6, 6.07) is 8.39. The molecule has 0 saturated carbocycles. The summed E-state index contributed by atoms with van der Waals surface area (Å²) in [5.74, 6) is 0.140. The molecule has 1 aliphatic heterocycles. The number of carbonyl (C=O) groups is 1. The van der Waals surface area contributed by atoms with E-state index < -0.39 is 5.97 Å². The van der Waals surface area contributed by atoms with E-state index in [1.54, 1.807) is 0 Å². The van der Waals surface area contributed by atoms with Crippen molar-refractivity contribution in [2.75, 3.05) is 13.1 Å². The van der Waals surface area contributed by atoms with Crippen LogP contribution >= 0.6 is 12.4 Å². The van der Waals surface area contributed by atoms with Crippen molar-refractivity contribution in [1.29, 1.82) is 0 Å². The summed E-state index contributed by atoms with van der Waals surface area (Å²) < 4.78 is 0. The number of likely N-dealkylation sites (tertiary alicyclic amines) is 1. The number of hydrogen-bond acceptors (Lipinski definition) is 2. The van der Waals surface area contributed by atoms with E-state index in [1.807, 2.05) is 0 Å². The van der Waals surface area contributed by atoms with Crippen LogP contribution in [-0.2, 0) is 17.8 Å². The van der Waals surface area contributed by atoms with Crippen molar-refractivity contribution in [3.05, 3.63) is 35.4 Å². The topological polar surface area (TPSA) is 40.5 Å². The normalized spacial score (nSPS) is 16.6. The Kier molecular flexibility index (Phi) is 7.03. The molecule has 3 nitrogen and oxygen atoms in total. The zero-order valence-corrected chi connectivity index (χ0v) is 12.9. The lowest BCUT2D eigenvalue weighted by Crippen LogP contribution is -2.32. The average molecular weight is 298 g/mol. The number of carboxylic acids is 1. The highest BCUT2D eigenvalue weighted by atomic mass is 35.5. The summed E-state index contributed by atoms with van der Waals surface area (Å²) in [6.45, 7) is 5.74. The summed E-state index contributed by atoms with van der Waals surface area (Å²) in [4.78, 5) is 13.0. The van der Waals surface area contributed by atoms with Crippen LogP contribution < -0.4 is 0 Å². The van der Waals surface area contributed by atoms with Crippen molar-refractivity contribution >= 4 is 18.4 Å². The van der Waals surface area contributed by atoms with Gasteiger partial charge in [0.25, 0.3) is 0 Å². The highest BCUT2D eigenvalue weighted by molar-refractivity contribution is 5.85. The van der Waals surface area contributed by atoms with Crippen LogP contribution in [-0.4, -0.2) is 29.1 Å². The maximum Gasteiger partial charge on any atom is 0.303 e. The van der Waals surface area contributed by atoms with E-state index in [1.165, 1.54) is 31.5 Å². The largest absolute Gasteiger partial charge is 0.481 e. The lowest BCUT2D eigenvalue weighted by molar-refractivity contribution is -0.136. The van der Waals surface area contributed by atoms with Crippen LogP contribution in [0.3, 0.4) is 0 Å². The summed E-state index contributed by atoms with van der Waals surface area (Å²) in [5, 5.41) is 8.66. The third-order valence-corrected chi connectivity index (χ3v) is 3.93. The SMILES string of the molecule is CC1CCN(Cc2ccc(CCC(=O)O)cc2)CC1.Cl. The van der Waals surface area contributed by atoms with Crippen molar-refractivity contribution in [3.63, 3.8) is 0 Å². The van der Waals surface area contributed by atoms with Crippen LogP contribution in [0.25, 0.3) is 0 Å². The number of rotatable bonds is 5. The van der Waals surface area contributed by atoms with Gasteiger partial charge in [-0.2, -0.15) is 0 Å². The Labute approximate surface area is 127 Å². The predicted octanol–water partition coefficient (Wildman–Crippen LogP) is 3.36. The Morgan fingerprint density at radius 2 is 1.75 bits per heavy atom. The molecule has 1 aromatic rings. The molecule has 1 heterocycles. The van der Waals surface area contributed by atoms with Crippen molar-refractivity contribution in [1.82, 2.24) is 4.90 Å². The lowest BCUT2D eigenvalue weighted by Gasteiger charge is -2.30. The molecule has 112 valence electrons. The van der Waals surface area contributed by atoms with Crippen LogP contribution in [0.1, 0.15) is 37.3 Å². The molecular formula is C16H24ClNO2. The molecule has 0 aromatic heterocycles. The van der Waals surface area contributed by atoms with E-state index in [4.69, 9.17) is 5.11 Å². The third kappa shape index (κ3) is 5.51. The zero-order chi connectivity index (χ0) is 13.7. The van der Waals surface area contributed by atoms with Crippen LogP contribution in [0, 0.1) is 5.92 Å². The monoisotopic (exact) mass is 297 g/mol. The number of halogens is 1. The molecule has 20 heavy (non-hydrogen) atoms. The predicted molar refractivity (Wildman–Crippen MR) is 83.3 cm³/mol. The second-order valence-corrected chi connectivity index (χ2v) is 5.67. The van der Waals surface area contributed by atoms with Crippen LogP contribution in [0.2, 0.25) is 0 Å². The number of carboxylic acid groups (broad SMARTS) is 1. The molecule has 0 bridgehead atoms. The molecule has 1 saturated heterocycles. The van der Waals surface area contributed by atoms with E-state index in [9.17, 15) is 4.79 Å². The fourth-order valence-electron chi connectivity index (χ4n) is 2.54. The van der Waals surface area contributed by atoms with E-state index >= 15 is 0 Å². The minimum absolute atomic E-state index is 0. The zero-order valence-electron chi connectivity index (χ0n) is 12.0. The molecule has 0 aliphatic carbocycles. The first-order chi connectivity index (χ1) is 9.13. The first-order valence-electron chi connectivity index (χ1n) is 7.15. The van der Waals surface area contributed by atoms with Gasteiger partial charge in [0.05, 0.1) is 0 Å². The molecular weight excluding hydrogens is 274 g/mol. The number of aliphatic carboxylic acids is 1. The number of benzene rings is 1. The van der Waals surface area contributed by atoms with Crippen molar-refractivity contribution in [3.8, 4) is 0 Å². The first kappa shape index (κ1) is 17.0. The fourth-order valence-corrected chi connectivity index (χ4v) is 2.54. The lowest BCUT2D eigenvalue weighted by atomic mass is 9.98. The van der Waals surface area contributed by atoms with Gasteiger partial charge in [-0.05, 0) is 49.4 Å². The Morgan fingerprint density at radius 3 is 2.30 bits per heavy atom. The molecule has 1 aromatic carbocycles. The highest BCUT2D eigenvalue weighted by Gasteiger charge is 2.15. The van der Waals surface area contributed by atoms with Gasteiger partial charge < -0.3 is 5.11 Å². The number of hydrogen-bond donors (Lipinski definition) is 1. The summed E-state index contributed by atoms with van der Waals surface area (Å²) >= 11 is 0. The average Bonchev–Trinajstić information content (AvgIpc) is 2.40. The maximum absolute atomic E-state index is 10.5. The smallest absolute Gasteiger partial charge is 0.303 e. The van der Waals surface area contributed by atoms with Gasteiger partial charge in [0.2, 0.25) is 0 Å². The van der Waals surface area contributed by atoms with Gasteiger partial charge in [0, 0.05) is 13.0 Å². The minimum Gasteiger partial charge on any atom is -0.481 e. The van der Waals surface area contributed by atoms with Gasteiger partial charge in [-0.1, -0.05) is 31.2 Å². The van der Waals surface area contributed by atoms with Gasteiger partial charge in [0.15, 0.2) is 0 Å². The number of piperidine rings is 1. The molecule has 0 unspecified atom stereocenters. The number of aryl methyl sites for hydroxylation is 1. The quantitative estimate of drug-likeness (QED) is 0.906. The molecule has 1 fully saturated rings. The van der Waals surface area contributed by atoms with Gasteiger partial charge >= 0.3 is 5.97 Å². The van der Waals surface area contributed by atoms with E-state index in [0.717, 1.165) is 18.0 Å². The van der Waals surface area contributed by atoms with E-state index in [-0.39, 0.29) is 18.8 Å². The fraction of sp³-hybridized carbons (Fsp3) is 0.562. The van der Waals surface area contributed by atoms with Gasteiger partial charge in [-0.3, -0.25) is 9.69 Å². The van der Waals surface area contributed by atoms with E-state index in [0.29, 0.717) is 6.42 Å². The highest BCUT2D eigenvalue weighted by Crippen LogP contribution is 2.18. The Morgan fingerprint density at radius 1 is 1.20 bits per heavy atom. The second kappa shape index (κ2) is 8.28. The van der Waals surface area contributed by atoms with Crippen LogP contribution in [0.4, 0.5) is 0 Å². The van der Waals surface area contributed by atoms with Crippen molar-refractivity contribution in [2.45, 2.75) is 39.2 Å². The Bertz CT molecular complexity index is 411. The summed E-state index contributed by atoms with van der Waals surface area (Å²) in [7, 11) is 0.